The Hall–Kier alpha value is -2.44. The number of nitrogens with two attached hydrogens (primary N) is 1. The lowest BCUT2D eigenvalue weighted by Crippen LogP contribution is -2.21. The van der Waals surface area contributed by atoms with Gasteiger partial charge in [-0.15, -0.1) is 5.10 Å². The molecule has 0 saturated carbocycles. The summed E-state index contributed by atoms with van der Waals surface area (Å²) >= 11 is 0. The Labute approximate surface area is 122 Å². The van der Waals surface area contributed by atoms with Crippen LogP contribution in [0.2, 0.25) is 0 Å². The summed E-state index contributed by atoms with van der Waals surface area (Å²) in [5, 5.41) is 16.5. The van der Waals surface area contributed by atoms with Gasteiger partial charge in [0.05, 0.1) is 5.56 Å². The Bertz CT molecular complexity index is 718. The molecule has 110 valence electrons. The van der Waals surface area contributed by atoms with Gasteiger partial charge in [0, 0.05) is 5.69 Å². The predicted octanol–water partition coefficient (Wildman–Crippen LogP) is 1.25. The van der Waals surface area contributed by atoms with E-state index in [1.54, 1.807) is 4.68 Å². The van der Waals surface area contributed by atoms with Crippen LogP contribution in [0.5, 0.6) is 0 Å². The van der Waals surface area contributed by atoms with Crippen molar-refractivity contribution in [3.05, 3.63) is 34.5 Å². The normalized spacial score (nSPS) is 15.0. The second kappa shape index (κ2) is 5.16. The molecule has 1 aliphatic carbocycles. The summed E-state index contributed by atoms with van der Waals surface area (Å²) in [5.74, 6) is 2.00. The van der Waals surface area contributed by atoms with Gasteiger partial charge in [-0.05, 0) is 51.2 Å². The SMILES string of the molecule is Cc1nc(C)n(-c2nc3c(cc2C(N)=NO)CCCC3)n1. The number of rotatable bonds is 2. The van der Waals surface area contributed by atoms with Crippen molar-refractivity contribution in [3.63, 3.8) is 0 Å². The Morgan fingerprint density at radius 2 is 2.05 bits per heavy atom. The van der Waals surface area contributed by atoms with E-state index in [1.807, 2.05) is 19.9 Å². The summed E-state index contributed by atoms with van der Waals surface area (Å²) in [6.07, 6.45) is 4.21. The van der Waals surface area contributed by atoms with Gasteiger partial charge >= 0.3 is 0 Å². The third-order valence-corrected chi connectivity index (χ3v) is 3.74. The molecular weight excluding hydrogens is 268 g/mol. The Balaban J connectivity index is 2.24. The molecule has 0 bridgehead atoms. The standard InChI is InChI=1S/C14H18N6O/c1-8-16-9(2)20(18-8)14-11(13(15)19-21)7-10-5-3-4-6-12(10)17-14/h7,21H,3-6H2,1-2H3,(H2,15,19). The number of pyridine rings is 1. The van der Waals surface area contributed by atoms with Crippen LogP contribution in [-0.2, 0) is 12.8 Å². The third-order valence-electron chi connectivity index (χ3n) is 3.74. The van der Waals surface area contributed by atoms with Gasteiger partial charge in [-0.25, -0.2) is 9.97 Å². The maximum absolute atomic E-state index is 9.03. The molecule has 0 fully saturated rings. The summed E-state index contributed by atoms with van der Waals surface area (Å²) < 4.78 is 1.65. The van der Waals surface area contributed by atoms with Crippen molar-refractivity contribution in [1.29, 1.82) is 0 Å². The van der Waals surface area contributed by atoms with Gasteiger partial charge < -0.3 is 10.9 Å². The van der Waals surface area contributed by atoms with Crippen LogP contribution >= 0.6 is 0 Å². The maximum atomic E-state index is 9.03. The van der Waals surface area contributed by atoms with Gasteiger partial charge in [-0.1, -0.05) is 5.16 Å². The second-order valence-electron chi connectivity index (χ2n) is 5.28. The van der Waals surface area contributed by atoms with Crippen LogP contribution in [0.15, 0.2) is 11.2 Å². The van der Waals surface area contributed by atoms with Crippen LogP contribution in [0.3, 0.4) is 0 Å². The first-order valence-electron chi connectivity index (χ1n) is 7.01. The molecule has 2 heterocycles. The van der Waals surface area contributed by atoms with E-state index in [2.05, 4.69) is 15.2 Å². The molecule has 2 aromatic heterocycles. The van der Waals surface area contributed by atoms with Crippen LogP contribution < -0.4 is 5.73 Å². The molecule has 7 nitrogen and oxygen atoms in total. The molecule has 7 heteroatoms. The lowest BCUT2D eigenvalue weighted by atomic mass is 9.94. The molecule has 0 radical (unpaired) electrons. The van der Waals surface area contributed by atoms with Gasteiger partial charge in [-0.2, -0.15) is 4.68 Å². The Morgan fingerprint density at radius 1 is 1.29 bits per heavy atom. The molecule has 0 aliphatic heterocycles. The molecule has 1 aliphatic rings. The van der Waals surface area contributed by atoms with Crippen molar-refractivity contribution in [2.24, 2.45) is 10.9 Å². The smallest absolute Gasteiger partial charge is 0.173 e. The van der Waals surface area contributed by atoms with E-state index in [9.17, 15) is 0 Å². The zero-order chi connectivity index (χ0) is 15.0. The molecule has 3 rings (SSSR count). The molecule has 3 N–H and O–H groups in total. The highest BCUT2D eigenvalue weighted by Gasteiger charge is 2.20. The minimum atomic E-state index is 0.0402. The van der Waals surface area contributed by atoms with Crippen LogP contribution in [0.1, 0.15) is 41.3 Å². The number of oxime groups is 1. The maximum Gasteiger partial charge on any atom is 0.173 e. The van der Waals surface area contributed by atoms with Crippen molar-refractivity contribution in [1.82, 2.24) is 19.7 Å². The number of aryl methyl sites for hydroxylation is 4. The molecular formula is C14H18N6O. The van der Waals surface area contributed by atoms with E-state index >= 15 is 0 Å². The second-order valence-corrected chi connectivity index (χ2v) is 5.28. The number of hydrogen-bond acceptors (Lipinski definition) is 5. The highest BCUT2D eigenvalue weighted by Crippen LogP contribution is 2.24. The number of nitrogens with zero attached hydrogens (tertiary/aromatic N) is 5. The molecule has 0 aromatic carbocycles. The minimum Gasteiger partial charge on any atom is -0.409 e. The monoisotopic (exact) mass is 286 g/mol. The molecule has 21 heavy (non-hydrogen) atoms. The summed E-state index contributed by atoms with van der Waals surface area (Å²) in [6, 6.07) is 1.96. The number of fused-ring (bicyclic) bond motifs is 1. The van der Waals surface area contributed by atoms with Crippen LogP contribution in [0, 0.1) is 13.8 Å². The van der Waals surface area contributed by atoms with Gasteiger partial charge in [0.25, 0.3) is 0 Å². The first-order chi connectivity index (χ1) is 10.1. The van der Waals surface area contributed by atoms with E-state index in [4.69, 9.17) is 15.9 Å². The number of amidine groups is 1. The minimum absolute atomic E-state index is 0.0402. The molecule has 0 spiro atoms. The molecule has 0 unspecified atom stereocenters. The van der Waals surface area contributed by atoms with E-state index in [-0.39, 0.29) is 5.84 Å². The van der Waals surface area contributed by atoms with E-state index in [0.717, 1.165) is 37.2 Å². The number of hydrogen-bond donors (Lipinski definition) is 2. The van der Waals surface area contributed by atoms with E-state index in [1.165, 1.54) is 5.56 Å². The van der Waals surface area contributed by atoms with Crippen LogP contribution in [0.4, 0.5) is 0 Å². The Kier molecular flexibility index (Phi) is 3.32. The van der Waals surface area contributed by atoms with Crippen LogP contribution in [-0.4, -0.2) is 30.8 Å². The predicted molar refractivity (Wildman–Crippen MR) is 77.8 cm³/mol. The molecule has 0 atom stereocenters. The lowest BCUT2D eigenvalue weighted by Gasteiger charge is -2.18. The van der Waals surface area contributed by atoms with Gasteiger partial charge in [0.15, 0.2) is 11.7 Å². The third kappa shape index (κ3) is 2.35. The van der Waals surface area contributed by atoms with E-state index < -0.39 is 0 Å². The first-order valence-corrected chi connectivity index (χ1v) is 7.01. The highest BCUT2D eigenvalue weighted by molar-refractivity contribution is 6.00. The lowest BCUT2D eigenvalue weighted by molar-refractivity contribution is 0.318. The molecule has 0 amide bonds. The zero-order valence-electron chi connectivity index (χ0n) is 12.2. The fourth-order valence-corrected chi connectivity index (χ4v) is 2.75. The fraction of sp³-hybridized carbons (Fsp3) is 0.429. The largest absolute Gasteiger partial charge is 0.409 e. The van der Waals surface area contributed by atoms with Gasteiger partial charge in [0.2, 0.25) is 0 Å². The van der Waals surface area contributed by atoms with E-state index in [0.29, 0.717) is 17.2 Å². The average Bonchev–Trinajstić information content (AvgIpc) is 2.83. The van der Waals surface area contributed by atoms with Crippen molar-refractivity contribution in [3.8, 4) is 5.82 Å². The van der Waals surface area contributed by atoms with Crippen LogP contribution in [0.25, 0.3) is 5.82 Å². The molecule has 0 saturated heterocycles. The van der Waals surface area contributed by atoms with Crippen molar-refractivity contribution >= 4 is 5.84 Å². The summed E-state index contributed by atoms with van der Waals surface area (Å²) in [7, 11) is 0. The topological polar surface area (TPSA) is 102 Å². The summed E-state index contributed by atoms with van der Waals surface area (Å²) in [6.45, 7) is 3.68. The first kappa shape index (κ1) is 13.5. The number of aromatic nitrogens is 4. The van der Waals surface area contributed by atoms with Gasteiger partial charge in [0.1, 0.15) is 11.6 Å². The highest BCUT2D eigenvalue weighted by atomic mass is 16.4. The fourth-order valence-electron chi connectivity index (χ4n) is 2.75. The van der Waals surface area contributed by atoms with Crippen molar-refractivity contribution in [2.45, 2.75) is 39.5 Å². The zero-order valence-corrected chi connectivity index (χ0v) is 12.2. The quantitative estimate of drug-likeness (QED) is 0.374. The van der Waals surface area contributed by atoms with Gasteiger partial charge in [-0.3, -0.25) is 0 Å². The average molecular weight is 286 g/mol. The Morgan fingerprint density at radius 3 is 2.71 bits per heavy atom. The summed E-state index contributed by atoms with van der Waals surface area (Å²) in [4.78, 5) is 9.01. The molecule has 2 aromatic rings. The van der Waals surface area contributed by atoms with Crippen molar-refractivity contribution < 1.29 is 5.21 Å². The summed E-state index contributed by atoms with van der Waals surface area (Å²) in [5.41, 5.74) is 8.65. The van der Waals surface area contributed by atoms with Crippen molar-refractivity contribution in [2.75, 3.05) is 0 Å².